The summed E-state index contributed by atoms with van der Waals surface area (Å²) in [6, 6.07) is 11.7. The minimum absolute atomic E-state index is 0.0187. The molecular formula is C22H21N3O2S. The summed E-state index contributed by atoms with van der Waals surface area (Å²) >= 11 is 1.51. The number of aryl methyl sites for hydroxylation is 2. The van der Waals surface area contributed by atoms with Crippen molar-refractivity contribution < 1.29 is 4.79 Å². The first-order chi connectivity index (χ1) is 13.4. The third-order valence-corrected chi connectivity index (χ3v) is 6.32. The van der Waals surface area contributed by atoms with Crippen LogP contribution in [-0.4, -0.2) is 19.9 Å². The van der Waals surface area contributed by atoms with Crippen molar-refractivity contribution in [2.45, 2.75) is 27.3 Å². The van der Waals surface area contributed by atoms with Gasteiger partial charge in [-0.05, 0) is 32.4 Å². The number of benzene rings is 1. The van der Waals surface area contributed by atoms with Crippen LogP contribution in [0.25, 0.3) is 21.3 Å². The Morgan fingerprint density at radius 3 is 2.50 bits per heavy atom. The van der Waals surface area contributed by atoms with Crippen LogP contribution < -0.4 is 5.56 Å². The Balaban J connectivity index is 1.81. The molecule has 0 bridgehead atoms. The highest BCUT2D eigenvalue weighted by Crippen LogP contribution is 2.35. The van der Waals surface area contributed by atoms with Gasteiger partial charge in [-0.1, -0.05) is 30.3 Å². The fourth-order valence-corrected chi connectivity index (χ4v) is 4.58. The van der Waals surface area contributed by atoms with Crippen molar-refractivity contribution in [1.82, 2.24) is 14.1 Å². The van der Waals surface area contributed by atoms with Gasteiger partial charge in [0, 0.05) is 34.4 Å². The van der Waals surface area contributed by atoms with E-state index in [4.69, 9.17) is 0 Å². The Hall–Kier alpha value is -2.99. The molecule has 6 heteroatoms. The molecule has 0 fully saturated rings. The minimum Gasteiger partial charge on any atom is -0.351 e. The molecule has 28 heavy (non-hydrogen) atoms. The van der Waals surface area contributed by atoms with Crippen LogP contribution in [0.15, 0.2) is 47.5 Å². The molecule has 0 saturated carbocycles. The Bertz CT molecular complexity index is 1260. The molecule has 0 radical (unpaired) electrons. The van der Waals surface area contributed by atoms with Gasteiger partial charge in [-0.3, -0.25) is 14.2 Å². The SMILES string of the molecule is Cc1sc2ncn(CC(=O)c3cc(C)n(C)c3C)c(=O)c2c1-c1ccccc1. The highest BCUT2D eigenvalue weighted by atomic mass is 32.1. The van der Waals surface area contributed by atoms with E-state index in [-0.39, 0.29) is 17.9 Å². The van der Waals surface area contributed by atoms with Crippen molar-refractivity contribution in [3.05, 3.63) is 74.9 Å². The normalized spacial score (nSPS) is 11.3. The third kappa shape index (κ3) is 2.90. The quantitative estimate of drug-likeness (QED) is 0.488. The van der Waals surface area contributed by atoms with Crippen LogP contribution in [0, 0.1) is 20.8 Å². The van der Waals surface area contributed by atoms with E-state index in [9.17, 15) is 9.59 Å². The van der Waals surface area contributed by atoms with Gasteiger partial charge < -0.3 is 4.57 Å². The van der Waals surface area contributed by atoms with Gasteiger partial charge in [0.2, 0.25) is 0 Å². The first-order valence-electron chi connectivity index (χ1n) is 9.08. The number of Topliss-reactive ketones (excluding diaryl/α,β-unsaturated/α-hetero) is 1. The monoisotopic (exact) mass is 391 g/mol. The average Bonchev–Trinajstić information content (AvgIpc) is 3.16. The van der Waals surface area contributed by atoms with Gasteiger partial charge in [0.05, 0.1) is 18.3 Å². The molecule has 3 aromatic heterocycles. The third-order valence-electron chi connectivity index (χ3n) is 5.31. The first kappa shape index (κ1) is 18.4. The molecule has 142 valence electrons. The fourth-order valence-electron chi connectivity index (χ4n) is 3.58. The van der Waals surface area contributed by atoms with E-state index in [1.807, 2.05) is 68.8 Å². The zero-order valence-electron chi connectivity index (χ0n) is 16.3. The van der Waals surface area contributed by atoms with Crippen LogP contribution in [-0.2, 0) is 13.6 Å². The van der Waals surface area contributed by atoms with E-state index < -0.39 is 0 Å². The maximum absolute atomic E-state index is 13.2. The van der Waals surface area contributed by atoms with Crippen LogP contribution >= 0.6 is 11.3 Å². The zero-order chi connectivity index (χ0) is 20.0. The zero-order valence-corrected chi connectivity index (χ0v) is 17.1. The topological polar surface area (TPSA) is 56.9 Å². The maximum Gasteiger partial charge on any atom is 0.263 e. The minimum atomic E-state index is -0.174. The van der Waals surface area contributed by atoms with Crippen molar-refractivity contribution in [2.75, 3.05) is 0 Å². The molecule has 0 spiro atoms. The van der Waals surface area contributed by atoms with Crippen LogP contribution in [0.1, 0.15) is 26.6 Å². The molecule has 0 aliphatic carbocycles. The smallest absolute Gasteiger partial charge is 0.263 e. The molecule has 3 heterocycles. The Kier molecular flexibility index (Phi) is 4.51. The molecule has 0 aliphatic heterocycles. The number of aromatic nitrogens is 3. The molecule has 0 unspecified atom stereocenters. The van der Waals surface area contributed by atoms with Crippen molar-refractivity contribution >= 4 is 27.3 Å². The summed E-state index contributed by atoms with van der Waals surface area (Å²) in [4.78, 5) is 32.3. The lowest BCUT2D eigenvalue weighted by Crippen LogP contribution is -2.24. The summed E-state index contributed by atoms with van der Waals surface area (Å²) in [7, 11) is 1.93. The first-order valence-corrected chi connectivity index (χ1v) is 9.90. The van der Waals surface area contributed by atoms with Crippen LogP contribution in [0.2, 0.25) is 0 Å². The highest BCUT2D eigenvalue weighted by Gasteiger charge is 2.19. The molecule has 0 amide bonds. The number of thiophene rings is 1. The van der Waals surface area contributed by atoms with Gasteiger partial charge in [-0.15, -0.1) is 11.3 Å². The maximum atomic E-state index is 13.2. The summed E-state index contributed by atoms with van der Waals surface area (Å²) < 4.78 is 3.40. The molecule has 0 N–H and O–H groups in total. The average molecular weight is 391 g/mol. The number of hydrogen-bond donors (Lipinski definition) is 0. The largest absolute Gasteiger partial charge is 0.351 e. The highest BCUT2D eigenvalue weighted by molar-refractivity contribution is 7.19. The molecule has 5 nitrogen and oxygen atoms in total. The summed E-state index contributed by atoms with van der Waals surface area (Å²) in [5.41, 5.74) is 4.29. The van der Waals surface area contributed by atoms with E-state index in [1.165, 1.54) is 22.2 Å². The van der Waals surface area contributed by atoms with Gasteiger partial charge in [-0.2, -0.15) is 0 Å². The number of carbonyl (C=O) groups excluding carboxylic acids is 1. The molecule has 0 saturated heterocycles. The second-order valence-corrected chi connectivity index (χ2v) is 8.23. The van der Waals surface area contributed by atoms with E-state index in [1.54, 1.807) is 0 Å². The summed E-state index contributed by atoms with van der Waals surface area (Å²) in [6.45, 7) is 5.86. The Morgan fingerprint density at radius 1 is 1.14 bits per heavy atom. The lowest BCUT2D eigenvalue weighted by atomic mass is 10.0. The number of ketones is 1. The fraction of sp³-hybridized carbons (Fsp3) is 0.227. The van der Waals surface area contributed by atoms with Gasteiger partial charge >= 0.3 is 0 Å². The predicted octanol–water partition coefficient (Wildman–Crippen LogP) is 4.27. The van der Waals surface area contributed by atoms with Crippen LogP contribution in [0.3, 0.4) is 0 Å². The van der Waals surface area contributed by atoms with Crippen LogP contribution in [0.4, 0.5) is 0 Å². The van der Waals surface area contributed by atoms with E-state index >= 15 is 0 Å². The second kappa shape index (κ2) is 6.87. The lowest BCUT2D eigenvalue weighted by Gasteiger charge is -2.07. The number of rotatable bonds is 4. The number of hydrogen-bond acceptors (Lipinski definition) is 4. The van der Waals surface area contributed by atoms with Crippen LogP contribution in [0.5, 0.6) is 0 Å². The van der Waals surface area contributed by atoms with E-state index in [0.717, 1.165) is 27.4 Å². The summed E-state index contributed by atoms with van der Waals surface area (Å²) in [5.74, 6) is -0.0855. The molecular weight excluding hydrogens is 370 g/mol. The van der Waals surface area contributed by atoms with Gasteiger partial charge in [0.15, 0.2) is 5.78 Å². The molecule has 4 aromatic rings. The summed E-state index contributed by atoms with van der Waals surface area (Å²) in [6.07, 6.45) is 1.48. The van der Waals surface area contributed by atoms with Crippen molar-refractivity contribution in [3.63, 3.8) is 0 Å². The second-order valence-electron chi connectivity index (χ2n) is 7.02. The standard InChI is InChI=1S/C22H21N3O2S/c1-13-10-17(14(2)24(13)4)18(26)11-25-12-23-21-20(22(25)27)19(15(3)28-21)16-8-6-5-7-9-16/h5-10,12H,11H2,1-4H3. The van der Waals surface area contributed by atoms with Crippen molar-refractivity contribution in [2.24, 2.45) is 7.05 Å². The van der Waals surface area contributed by atoms with Gasteiger partial charge in [0.1, 0.15) is 4.83 Å². The lowest BCUT2D eigenvalue weighted by molar-refractivity contribution is 0.0970. The number of carbonyl (C=O) groups is 1. The molecule has 0 aliphatic rings. The van der Waals surface area contributed by atoms with Crippen molar-refractivity contribution in [3.8, 4) is 11.1 Å². The van der Waals surface area contributed by atoms with Gasteiger partial charge in [0.25, 0.3) is 5.56 Å². The molecule has 4 rings (SSSR count). The Labute approximate surface area is 166 Å². The van der Waals surface area contributed by atoms with Gasteiger partial charge in [-0.25, -0.2) is 4.98 Å². The van der Waals surface area contributed by atoms with Crippen molar-refractivity contribution in [1.29, 1.82) is 0 Å². The summed E-state index contributed by atoms with van der Waals surface area (Å²) in [5, 5.41) is 0.588. The van der Waals surface area contributed by atoms with E-state index in [0.29, 0.717) is 15.8 Å². The number of fused-ring (bicyclic) bond motifs is 1. The van der Waals surface area contributed by atoms with E-state index in [2.05, 4.69) is 4.98 Å². The Morgan fingerprint density at radius 2 is 1.86 bits per heavy atom. The number of nitrogens with zero attached hydrogens (tertiary/aromatic N) is 3. The molecule has 1 aromatic carbocycles. The predicted molar refractivity (Wildman–Crippen MR) is 113 cm³/mol. The molecule has 0 atom stereocenters.